The zero-order chi connectivity index (χ0) is 7.78. The third-order valence-corrected chi connectivity index (χ3v) is 3.03. The van der Waals surface area contributed by atoms with Crippen LogP contribution in [-0.4, -0.2) is 10.1 Å². The molecular formula is C8H13BrO. The van der Waals surface area contributed by atoms with Crippen LogP contribution in [0.3, 0.4) is 0 Å². The van der Waals surface area contributed by atoms with E-state index < -0.39 is 0 Å². The van der Waals surface area contributed by atoms with E-state index in [9.17, 15) is 4.79 Å². The van der Waals surface area contributed by atoms with Crippen LogP contribution in [0.4, 0.5) is 0 Å². The Morgan fingerprint density at radius 2 is 2.30 bits per heavy atom. The van der Waals surface area contributed by atoms with Gasteiger partial charge in [0.25, 0.3) is 0 Å². The minimum atomic E-state index is -0.218. The molecule has 1 aliphatic carbocycles. The highest BCUT2D eigenvalue weighted by atomic mass is 79.9. The van der Waals surface area contributed by atoms with E-state index in [4.69, 9.17) is 0 Å². The molecule has 0 heterocycles. The predicted octanol–water partition coefficient (Wildman–Crippen LogP) is 2.53. The highest BCUT2D eigenvalue weighted by molar-refractivity contribution is 9.10. The van der Waals surface area contributed by atoms with Crippen molar-refractivity contribution in [1.29, 1.82) is 0 Å². The molecule has 2 heteroatoms. The van der Waals surface area contributed by atoms with Crippen molar-refractivity contribution in [2.75, 3.05) is 0 Å². The zero-order valence-corrected chi connectivity index (χ0v) is 8.07. The van der Waals surface area contributed by atoms with Crippen LogP contribution in [0.15, 0.2) is 0 Å². The van der Waals surface area contributed by atoms with Gasteiger partial charge in [-0.05, 0) is 19.8 Å². The average Bonchev–Trinajstić information content (AvgIpc) is 1.83. The van der Waals surface area contributed by atoms with E-state index in [2.05, 4.69) is 15.9 Å². The first-order valence-electron chi connectivity index (χ1n) is 3.77. The number of alkyl halides is 1. The Labute approximate surface area is 70.3 Å². The lowest BCUT2D eigenvalue weighted by molar-refractivity contribution is -0.126. The molecular weight excluding hydrogens is 192 g/mol. The van der Waals surface area contributed by atoms with Crippen molar-refractivity contribution in [2.24, 2.45) is 5.92 Å². The second-order valence-corrected chi connectivity index (χ2v) is 5.11. The number of hydrogen-bond acceptors (Lipinski definition) is 1. The fourth-order valence-corrected chi connectivity index (χ4v) is 2.18. The van der Waals surface area contributed by atoms with Crippen molar-refractivity contribution in [1.82, 2.24) is 0 Å². The Morgan fingerprint density at radius 3 is 2.70 bits per heavy atom. The highest BCUT2D eigenvalue weighted by Gasteiger charge is 2.36. The van der Waals surface area contributed by atoms with Crippen LogP contribution in [0.25, 0.3) is 0 Å². The van der Waals surface area contributed by atoms with Crippen LogP contribution in [0, 0.1) is 5.92 Å². The number of halogens is 1. The molecule has 2 atom stereocenters. The van der Waals surface area contributed by atoms with Crippen molar-refractivity contribution >= 4 is 21.7 Å². The minimum Gasteiger partial charge on any atom is -0.298 e. The molecule has 1 saturated carbocycles. The van der Waals surface area contributed by atoms with Crippen molar-refractivity contribution in [3.05, 3.63) is 0 Å². The van der Waals surface area contributed by atoms with Gasteiger partial charge in [-0.2, -0.15) is 0 Å². The summed E-state index contributed by atoms with van der Waals surface area (Å²) in [5.74, 6) is 0.636. The molecule has 0 aromatic carbocycles. The van der Waals surface area contributed by atoms with Gasteiger partial charge in [0.15, 0.2) is 5.78 Å². The largest absolute Gasteiger partial charge is 0.298 e. The summed E-state index contributed by atoms with van der Waals surface area (Å²) in [4.78, 5) is 11.4. The Bertz CT molecular complexity index is 151. The second-order valence-electron chi connectivity index (χ2n) is 3.35. The Balaban J connectivity index is 2.70. The van der Waals surface area contributed by atoms with E-state index in [0.29, 0.717) is 5.78 Å². The third kappa shape index (κ3) is 1.42. The first kappa shape index (κ1) is 8.25. The number of ketones is 1. The first-order valence-corrected chi connectivity index (χ1v) is 4.56. The second kappa shape index (κ2) is 2.65. The molecule has 2 unspecified atom stereocenters. The molecule has 10 heavy (non-hydrogen) atoms. The van der Waals surface area contributed by atoms with E-state index in [-0.39, 0.29) is 10.2 Å². The summed E-state index contributed by atoms with van der Waals surface area (Å²) in [6.07, 6.45) is 3.24. The first-order chi connectivity index (χ1) is 4.54. The lowest BCUT2D eigenvalue weighted by Gasteiger charge is -2.29. The smallest absolute Gasteiger partial charge is 0.152 e. The highest BCUT2D eigenvalue weighted by Crippen LogP contribution is 2.34. The molecule has 0 N–H and O–H groups in total. The standard InChI is InChI=1S/C8H13BrO/c1-6-4-3-5-8(2,9)7(6)10/h6H,3-5H2,1-2H3. The van der Waals surface area contributed by atoms with Crippen molar-refractivity contribution in [3.63, 3.8) is 0 Å². The summed E-state index contributed by atoms with van der Waals surface area (Å²) in [5.41, 5.74) is 0. The summed E-state index contributed by atoms with van der Waals surface area (Å²) in [5, 5.41) is 0. The lowest BCUT2D eigenvalue weighted by Crippen LogP contribution is -2.36. The number of Topliss-reactive ketones (excluding diaryl/α,β-unsaturated/α-hetero) is 1. The van der Waals surface area contributed by atoms with Gasteiger partial charge in [0, 0.05) is 5.92 Å². The van der Waals surface area contributed by atoms with Crippen molar-refractivity contribution < 1.29 is 4.79 Å². The number of rotatable bonds is 0. The fourth-order valence-electron chi connectivity index (χ4n) is 1.51. The van der Waals surface area contributed by atoms with Gasteiger partial charge in [-0.3, -0.25) is 4.79 Å². The molecule has 1 nitrogen and oxygen atoms in total. The maximum atomic E-state index is 11.4. The van der Waals surface area contributed by atoms with Crippen LogP contribution in [-0.2, 0) is 4.79 Å². The molecule has 0 saturated heterocycles. The van der Waals surface area contributed by atoms with Crippen LogP contribution in [0.5, 0.6) is 0 Å². The molecule has 0 bridgehead atoms. The summed E-state index contributed by atoms with van der Waals surface area (Å²) in [6.45, 7) is 3.99. The van der Waals surface area contributed by atoms with E-state index >= 15 is 0 Å². The minimum absolute atomic E-state index is 0.218. The molecule has 0 aromatic heterocycles. The van der Waals surface area contributed by atoms with Crippen LogP contribution < -0.4 is 0 Å². The Kier molecular flexibility index (Phi) is 2.18. The molecule has 1 rings (SSSR count). The Hall–Kier alpha value is 0.150. The Morgan fingerprint density at radius 1 is 1.70 bits per heavy atom. The van der Waals surface area contributed by atoms with Gasteiger partial charge in [0.05, 0.1) is 4.32 Å². The topological polar surface area (TPSA) is 17.1 Å². The molecule has 1 aliphatic rings. The van der Waals surface area contributed by atoms with Gasteiger partial charge in [0.2, 0.25) is 0 Å². The number of carbonyl (C=O) groups excluding carboxylic acids is 1. The van der Waals surface area contributed by atoms with Gasteiger partial charge in [-0.25, -0.2) is 0 Å². The average molecular weight is 205 g/mol. The van der Waals surface area contributed by atoms with E-state index in [1.165, 1.54) is 6.42 Å². The fraction of sp³-hybridized carbons (Fsp3) is 0.875. The van der Waals surface area contributed by atoms with Gasteiger partial charge in [-0.15, -0.1) is 0 Å². The quantitative estimate of drug-likeness (QED) is 0.555. The molecule has 0 amide bonds. The summed E-state index contributed by atoms with van der Waals surface area (Å²) >= 11 is 3.45. The van der Waals surface area contributed by atoms with Crippen molar-refractivity contribution in [3.8, 4) is 0 Å². The SMILES string of the molecule is CC1CCCC(C)(Br)C1=O. The predicted molar refractivity (Wildman–Crippen MR) is 45.4 cm³/mol. The molecule has 1 fully saturated rings. The third-order valence-electron chi connectivity index (χ3n) is 2.24. The lowest BCUT2D eigenvalue weighted by atomic mass is 9.82. The van der Waals surface area contributed by atoms with Crippen LogP contribution in [0.2, 0.25) is 0 Å². The van der Waals surface area contributed by atoms with E-state index in [1.807, 2.05) is 13.8 Å². The maximum Gasteiger partial charge on any atom is 0.152 e. The zero-order valence-electron chi connectivity index (χ0n) is 6.48. The summed E-state index contributed by atoms with van der Waals surface area (Å²) in [7, 11) is 0. The number of carbonyl (C=O) groups is 1. The molecule has 0 aliphatic heterocycles. The molecule has 58 valence electrons. The monoisotopic (exact) mass is 204 g/mol. The maximum absolute atomic E-state index is 11.4. The van der Waals surface area contributed by atoms with Crippen LogP contribution in [0.1, 0.15) is 33.1 Å². The summed E-state index contributed by atoms with van der Waals surface area (Å²) < 4.78 is -0.218. The number of hydrogen-bond donors (Lipinski definition) is 0. The van der Waals surface area contributed by atoms with E-state index in [0.717, 1.165) is 12.8 Å². The molecule has 0 aromatic rings. The van der Waals surface area contributed by atoms with Gasteiger partial charge in [-0.1, -0.05) is 29.3 Å². The molecule has 0 spiro atoms. The summed E-state index contributed by atoms with van der Waals surface area (Å²) in [6, 6.07) is 0. The van der Waals surface area contributed by atoms with Gasteiger partial charge >= 0.3 is 0 Å². The van der Waals surface area contributed by atoms with Gasteiger partial charge in [0.1, 0.15) is 0 Å². The molecule has 0 radical (unpaired) electrons. The van der Waals surface area contributed by atoms with Crippen molar-refractivity contribution in [2.45, 2.75) is 37.4 Å². The normalized spacial score (nSPS) is 41.9. The van der Waals surface area contributed by atoms with Crippen LogP contribution >= 0.6 is 15.9 Å². The van der Waals surface area contributed by atoms with Gasteiger partial charge < -0.3 is 0 Å². The van der Waals surface area contributed by atoms with E-state index in [1.54, 1.807) is 0 Å².